The summed E-state index contributed by atoms with van der Waals surface area (Å²) in [5, 5.41) is 0. The third-order valence-electron chi connectivity index (χ3n) is 3.43. The number of nitrogens with zero attached hydrogens (tertiary/aromatic N) is 1. The van der Waals surface area contributed by atoms with Crippen LogP contribution in [0, 0.1) is 0 Å². The fraction of sp³-hybridized carbons (Fsp3) is 0.471. The number of esters is 1. The highest BCUT2D eigenvalue weighted by atomic mass is 16.6. The summed E-state index contributed by atoms with van der Waals surface area (Å²) in [5.74, 6) is -0.572. The number of carbonyl (C=O) groups excluding carboxylic acids is 3. The highest BCUT2D eigenvalue weighted by Gasteiger charge is 2.28. The number of hydrogen-bond acceptors (Lipinski definition) is 6. The number of hydrogen-bond donors (Lipinski definition) is 0. The van der Waals surface area contributed by atoms with Gasteiger partial charge in [-0.05, 0) is 31.5 Å². The summed E-state index contributed by atoms with van der Waals surface area (Å²) >= 11 is 0. The summed E-state index contributed by atoms with van der Waals surface area (Å²) in [7, 11) is 0. The van der Waals surface area contributed by atoms with Gasteiger partial charge >= 0.3 is 5.97 Å². The molecule has 0 aliphatic carbocycles. The third-order valence-corrected chi connectivity index (χ3v) is 3.43. The lowest BCUT2D eigenvalue weighted by molar-refractivity contribution is -0.144. The largest absolute Gasteiger partial charge is 0.482 e. The van der Waals surface area contributed by atoms with Gasteiger partial charge in [0.15, 0.2) is 12.4 Å². The van der Waals surface area contributed by atoms with Crippen molar-refractivity contribution in [3.05, 3.63) is 23.8 Å². The van der Waals surface area contributed by atoms with Gasteiger partial charge in [0.2, 0.25) is 0 Å². The highest BCUT2D eigenvalue weighted by molar-refractivity contribution is 6.03. The average Bonchev–Trinajstić information content (AvgIpc) is 2.56. The number of benzene rings is 1. The minimum Gasteiger partial charge on any atom is -0.482 e. The van der Waals surface area contributed by atoms with E-state index in [0.717, 1.165) is 6.42 Å². The minimum atomic E-state index is -0.537. The van der Waals surface area contributed by atoms with E-state index in [4.69, 9.17) is 14.2 Å². The normalized spacial score (nSPS) is 13.2. The molecule has 1 amide bonds. The summed E-state index contributed by atoms with van der Waals surface area (Å²) < 4.78 is 15.6. The predicted molar refractivity (Wildman–Crippen MR) is 86.4 cm³/mol. The van der Waals surface area contributed by atoms with E-state index in [1.807, 2.05) is 6.92 Å². The molecule has 0 radical (unpaired) electrons. The van der Waals surface area contributed by atoms with E-state index in [-0.39, 0.29) is 31.4 Å². The molecular formula is C17H21NO6. The molecule has 1 heterocycles. The Morgan fingerprint density at radius 2 is 2.04 bits per heavy atom. The number of fused-ring (bicyclic) bond motifs is 1. The number of ether oxygens (including phenoxy) is 3. The summed E-state index contributed by atoms with van der Waals surface area (Å²) in [5.41, 5.74) is 0.844. The van der Waals surface area contributed by atoms with Gasteiger partial charge in [0.1, 0.15) is 18.9 Å². The molecule has 1 aromatic carbocycles. The number of Topliss-reactive ketones (excluding diaryl/α,β-unsaturated/α-hetero) is 1. The number of amides is 1. The first-order valence-corrected chi connectivity index (χ1v) is 7.84. The molecule has 7 nitrogen and oxygen atoms in total. The van der Waals surface area contributed by atoms with Crippen LogP contribution in [0.1, 0.15) is 30.6 Å². The Hall–Kier alpha value is -2.41. The van der Waals surface area contributed by atoms with E-state index >= 15 is 0 Å². The fourth-order valence-electron chi connectivity index (χ4n) is 2.23. The Balaban J connectivity index is 2.02. The SMILES string of the molecule is CCCOCCOC(=O)CN1C(=O)COc2ccc(C(C)=O)cc21. The maximum atomic E-state index is 12.1. The zero-order valence-corrected chi connectivity index (χ0v) is 13.9. The van der Waals surface area contributed by atoms with Gasteiger partial charge in [0.25, 0.3) is 5.91 Å². The van der Waals surface area contributed by atoms with Crippen LogP contribution in [0.3, 0.4) is 0 Å². The molecule has 0 atom stereocenters. The molecule has 1 aliphatic heterocycles. The van der Waals surface area contributed by atoms with E-state index in [2.05, 4.69) is 0 Å². The molecule has 1 aliphatic rings. The van der Waals surface area contributed by atoms with Gasteiger partial charge in [-0.2, -0.15) is 0 Å². The molecule has 0 spiro atoms. The van der Waals surface area contributed by atoms with Gasteiger partial charge in [-0.25, -0.2) is 0 Å². The van der Waals surface area contributed by atoms with E-state index in [0.29, 0.717) is 30.2 Å². The first-order chi connectivity index (χ1) is 11.5. The second-order valence-electron chi connectivity index (χ2n) is 5.34. The third kappa shape index (κ3) is 4.55. The molecular weight excluding hydrogens is 314 g/mol. The van der Waals surface area contributed by atoms with Crippen LogP contribution in [0.15, 0.2) is 18.2 Å². The first kappa shape index (κ1) is 17.9. The molecule has 0 N–H and O–H groups in total. The monoisotopic (exact) mass is 335 g/mol. The quantitative estimate of drug-likeness (QED) is 0.408. The molecule has 2 rings (SSSR count). The van der Waals surface area contributed by atoms with Crippen molar-refractivity contribution in [3.63, 3.8) is 0 Å². The fourth-order valence-corrected chi connectivity index (χ4v) is 2.23. The zero-order valence-electron chi connectivity index (χ0n) is 13.9. The van der Waals surface area contributed by atoms with Gasteiger partial charge in [-0.15, -0.1) is 0 Å². The molecule has 130 valence electrons. The van der Waals surface area contributed by atoms with Crippen molar-refractivity contribution in [2.45, 2.75) is 20.3 Å². The highest BCUT2D eigenvalue weighted by Crippen LogP contribution is 2.33. The van der Waals surface area contributed by atoms with Crippen molar-refractivity contribution in [2.24, 2.45) is 0 Å². The van der Waals surface area contributed by atoms with Crippen molar-refractivity contribution < 1.29 is 28.6 Å². The second-order valence-corrected chi connectivity index (χ2v) is 5.34. The smallest absolute Gasteiger partial charge is 0.326 e. The topological polar surface area (TPSA) is 82.1 Å². The van der Waals surface area contributed by atoms with E-state index in [1.165, 1.54) is 11.8 Å². The molecule has 24 heavy (non-hydrogen) atoms. The van der Waals surface area contributed by atoms with Crippen LogP contribution in [0.5, 0.6) is 5.75 Å². The second kappa shape index (κ2) is 8.44. The van der Waals surface area contributed by atoms with Gasteiger partial charge < -0.3 is 14.2 Å². The Morgan fingerprint density at radius 3 is 2.75 bits per heavy atom. The molecule has 0 aromatic heterocycles. The van der Waals surface area contributed by atoms with Gasteiger partial charge in [0.05, 0.1) is 12.3 Å². The maximum absolute atomic E-state index is 12.1. The standard InChI is InChI=1S/C17H21NO6/c1-3-6-22-7-8-23-17(21)10-18-14-9-13(12(2)19)4-5-15(14)24-11-16(18)20/h4-5,9H,3,6-8,10-11H2,1-2H3. The summed E-state index contributed by atoms with van der Waals surface area (Å²) in [6.07, 6.45) is 0.894. The lowest BCUT2D eigenvalue weighted by Gasteiger charge is -2.28. The van der Waals surface area contributed by atoms with Crippen molar-refractivity contribution in [1.82, 2.24) is 0 Å². The Morgan fingerprint density at radius 1 is 1.25 bits per heavy atom. The average molecular weight is 335 g/mol. The molecule has 0 saturated heterocycles. The van der Waals surface area contributed by atoms with Crippen LogP contribution >= 0.6 is 0 Å². The Kier molecular flexibility index (Phi) is 6.31. The van der Waals surface area contributed by atoms with Crippen LogP contribution in [-0.2, 0) is 19.1 Å². The maximum Gasteiger partial charge on any atom is 0.326 e. The number of rotatable bonds is 8. The van der Waals surface area contributed by atoms with Crippen molar-refractivity contribution in [1.29, 1.82) is 0 Å². The summed E-state index contributed by atoms with van der Waals surface area (Å²) in [4.78, 5) is 36.8. The van der Waals surface area contributed by atoms with Gasteiger partial charge in [0, 0.05) is 12.2 Å². The predicted octanol–water partition coefficient (Wildman–Crippen LogP) is 1.58. The molecule has 0 fully saturated rings. The zero-order chi connectivity index (χ0) is 17.5. The van der Waals surface area contributed by atoms with Gasteiger partial charge in [-0.3, -0.25) is 19.3 Å². The number of carbonyl (C=O) groups is 3. The minimum absolute atomic E-state index is 0.133. The first-order valence-electron chi connectivity index (χ1n) is 7.84. The van der Waals surface area contributed by atoms with Crippen LogP contribution < -0.4 is 9.64 Å². The molecule has 0 bridgehead atoms. The van der Waals surface area contributed by atoms with Crippen LogP contribution in [-0.4, -0.2) is 50.6 Å². The van der Waals surface area contributed by atoms with Crippen LogP contribution in [0.25, 0.3) is 0 Å². The van der Waals surface area contributed by atoms with Crippen molar-refractivity contribution in [3.8, 4) is 5.75 Å². The Bertz CT molecular complexity index is 628. The van der Waals surface area contributed by atoms with Crippen LogP contribution in [0.2, 0.25) is 0 Å². The van der Waals surface area contributed by atoms with E-state index < -0.39 is 5.97 Å². The van der Waals surface area contributed by atoms with Crippen molar-refractivity contribution >= 4 is 23.3 Å². The van der Waals surface area contributed by atoms with Crippen molar-refractivity contribution in [2.75, 3.05) is 37.9 Å². The van der Waals surface area contributed by atoms with E-state index in [1.54, 1.807) is 18.2 Å². The lowest BCUT2D eigenvalue weighted by atomic mass is 10.1. The molecule has 0 saturated carbocycles. The van der Waals surface area contributed by atoms with Gasteiger partial charge in [-0.1, -0.05) is 6.92 Å². The molecule has 1 aromatic rings. The lowest BCUT2D eigenvalue weighted by Crippen LogP contribution is -2.42. The summed E-state index contributed by atoms with van der Waals surface area (Å²) in [6.45, 7) is 4.11. The molecule has 7 heteroatoms. The molecule has 0 unspecified atom stereocenters. The number of anilines is 1. The summed E-state index contributed by atoms with van der Waals surface area (Å²) in [6, 6.07) is 4.79. The Labute approximate surface area is 140 Å². The van der Waals surface area contributed by atoms with E-state index in [9.17, 15) is 14.4 Å². The van der Waals surface area contributed by atoms with Crippen LogP contribution in [0.4, 0.5) is 5.69 Å². The number of ketones is 1.